The molecule has 0 aliphatic rings. The zero-order chi connectivity index (χ0) is 13.8. The van der Waals surface area contributed by atoms with Crippen LogP contribution in [0.2, 0.25) is 0 Å². The van der Waals surface area contributed by atoms with Crippen molar-refractivity contribution in [1.82, 2.24) is 0 Å². The van der Waals surface area contributed by atoms with Crippen LogP contribution in [0.3, 0.4) is 0 Å². The summed E-state index contributed by atoms with van der Waals surface area (Å²) in [6, 6.07) is 13.0. The Kier molecular flexibility index (Phi) is 4.38. The summed E-state index contributed by atoms with van der Waals surface area (Å²) in [6.45, 7) is 4.48. The molecule has 0 aromatic heterocycles. The maximum atomic E-state index is 12.5. The predicted octanol–water partition coefficient (Wildman–Crippen LogP) is 4.39. The van der Waals surface area contributed by atoms with Gasteiger partial charge in [0.15, 0.2) is 5.78 Å². The summed E-state index contributed by atoms with van der Waals surface area (Å²) >= 11 is 3.44. The lowest BCUT2D eigenvalue weighted by molar-refractivity contribution is 0.103. The normalized spacial score (nSPS) is 10.3. The van der Waals surface area contributed by atoms with E-state index in [1.54, 1.807) is 6.07 Å². The molecule has 0 heterocycles. The minimum Gasteiger partial charge on any atom is -0.494 e. The lowest BCUT2D eigenvalue weighted by Gasteiger charge is -2.09. The van der Waals surface area contributed by atoms with Gasteiger partial charge in [-0.1, -0.05) is 24.3 Å². The van der Waals surface area contributed by atoms with E-state index in [1.807, 2.05) is 50.2 Å². The van der Waals surface area contributed by atoms with Crippen molar-refractivity contribution in [3.8, 4) is 5.75 Å². The summed E-state index contributed by atoms with van der Waals surface area (Å²) in [4.78, 5) is 12.5. The van der Waals surface area contributed by atoms with Crippen LogP contribution in [0.25, 0.3) is 0 Å². The van der Waals surface area contributed by atoms with Gasteiger partial charge in [-0.3, -0.25) is 4.79 Å². The van der Waals surface area contributed by atoms with Gasteiger partial charge in [-0.05, 0) is 53.5 Å². The van der Waals surface area contributed by atoms with E-state index >= 15 is 0 Å². The quantitative estimate of drug-likeness (QED) is 0.782. The fourth-order valence-electron chi connectivity index (χ4n) is 1.91. The Hall–Kier alpha value is -1.61. The summed E-state index contributed by atoms with van der Waals surface area (Å²) in [6.07, 6.45) is 0. The Morgan fingerprint density at radius 1 is 1.16 bits per heavy atom. The van der Waals surface area contributed by atoms with E-state index < -0.39 is 0 Å². The summed E-state index contributed by atoms with van der Waals surface area (Å²) < 4.78 is 6.17. The molecule has 0 saturated heterocycles. The molecule has 0 spiro atoms. The molecule has 2 nitrogen and oxygen atoms in total. The number of aryl methyl sites for hydroxylation is 1. The van der Waals surface area contributed by atoms with Gasteiger partial charge in [-0.15, -0.1) is 0 Å². The largest absolute Gasteiger partial charge is 0.494 e. The van der Waals surface area contributed by atoms with Crippen LogP contribution in [0.15, 0.2) is 46.9 Å². The minimum absolute atomic E-state index is 0.0213. The molecule has 19 heavy (non-hydrogen) atoms. The molecular weight excluding hydrogens is 304 g/mol. The summed E-state index contributed by atoms with van der Waals surface area (Å²) in [5.41, 5.74) is 2.36. The number of halogens is 1. The van der Waals surface area contributed by atoms with Crippen molar-refractivity contribution < 1.29 is 9.53 Å². The van der Waals surface area contributed by atoms with E-state index in [0.29, 0.717) is 12.2 Å². The summed E-state index contributed by atoms with van der Waals surface area (Å²) in [5.74, 6) is 0.781. The number of hydrogen-bond acceptors (Lipinski definition) is 2. The van der Waals surface area contributed by atoms with Gasteiger partial charge in [-0.25, -0.2) is 0 Å². The second-order valence-electron chi connectivity index (χ2n) is 4.22. The molecule has 2 aromatic rings. The molecule has 98 valence electrons. The van der Waals surface area contributed by atoms with Gasteiger partial charge in [0.1, 0.15) is 5.75 Å². The fraction of sp³-hybridized carbons (Fsp3) is 0.188. The molecule has 2 rings (SSSR count). The van der Waals surface area contributed by atoms with E-state index in [1.165, 1.54) is 0 Å². The molecule has 0 unspecified atom stereocenters. The molecule has 0 saturated carbocycles. The van der Waals surface area contributed by atoms with Crippen LogP contribution in [-0.2, 0) is 0 Å². The highest BCUT2D eigenvalue weighted by Crippen LogP contribution is 2.26. The number of rotatable bonds is 4. The van der Waals surface area contributed by atoms with E-state index in [9.17, 15) is 4.79 Å². The van der Waals surface area contributed by atoms with Gasteiger partial charge in [0.25, 0.3) is 0 Å². The van der Waals surface area contributed by atoms with Crippen LogP contribution in [0, 0.1) is 6.92 Å². The zero-order valence-electron chi connectivity index (χ0n) is 10.9. The van der Waals surface area contributed by atoms with Crippen molar-refractivity contribution in [2.75, 3.05) is 6.61 Å². The van der Waals surface area contributed by atoms with Crippen molar-refractivity contribution in [2.24, 2.45) is 0 Å². The van der Waals surface area contributed by atoms with E-state index in [2.05, 4.69) is 15.9 Å². The van der Waals surface area contributed by atoms with Gasteiger partial charge in [-0.2, -0.15) is 0 Å². The Bertz CT molecular complexity index is 605. The maximum absolute atomic E-state index is 12.5. The van der Waals surface area contributed by atoms with Gasteiger partial charge >= 0.3 is 0 Å². The second-order valence-corrected chi connectivity index (χ2v) is 5.07. The smallest absolute Gasteiger partial charge is 0.194 e. The Labute approximate surface area is 121 Å². The van der Waals surface area contributed by atoms with Gasteiger partial charge in [0, 0.05) is 15.6 Å². The molecule has 0 bridgehead atoms. The van der Waals surface area contributed by atoms with Crippen LogP contribution in [0.5, 0.6) is 5.75 Å². The molecule has 0 fully saturated rings. The van der Waals surface area contributed by atoms with Crippen LogP contribution in [0.1, 0.15) is 28.4 Å². The molecule has 2 aromatic carbocycles. The first-order valence-electron chi connectivity index (χ1n) is 6.16. The third-order valence-corrected chi connectivity index (χ3v) is 3.54. The Morgan fingerprint density at radius 2 is 1.89 bits per heavy atom. The average molecular weight is 319 g/mol. The van der Waals surface area contributed by atoms with Gasteiger partial charge in [0.2, 0.25) is 0 Å². The number of hydrogen-bond donors (Lipinski definition) is 0. The highest BCUT2D eigenvalue weighted by Gasteiger charge is 2.14. The lowest BCUT2D eigenvalue weighted by atomic mass is 9.99. The lowest BCUT2D eigenvalue weighted by Crippen LogP contribution is -2.04. The van der Waals surface area contributed by atoms with Crippen molar-refractivity contribution in [2.45, 2.75) is 13.8 Å². The number of ether oxygens (including phenoxy) is 1. The second kappa shape index (κ2) is 6.02. The predicted molar refractivity (Wildman–Crippen MR) is 79.9 cm³/mol. The average Bonchev–Trinajstić information content (AvgIpc) is 2.39. The Balaban J connectivity index is 2.37. The first-order chi connectivity index (χ1) is 9.13. The fourth-order valence-corrected chi connectivity index (χ4v) is 2.45. The molecule has 0 N–H and O–H groups in total. The highest BCUT2D eigenvalue weighted by molar-refractivity contribution is 9.10. The van der Waals surface area contributed by atoms with E-state index in [-0.39, 0.29) is 5.78 Å². The molecule has 0 amide bonds. The van der Waals surface area contributed by atoms with Crippen LogP contribution in [0.4, 0.5) is 0 Å². The first kappa shape index (κ1) is 13.8. The van der Waals surface area contributed by atoms with Gasteiger partial charge < -0.3 is 4.74 Å². The maximum Gasteiger partial charge on any atom is 0.194 e. The van der Waals surface area contributed by atoms with Crippen molar-refractivity contribution in [1.29, 1.82) is 0 Å². The number of benzene rings is 2. The van der Waals surface area contributed by atoms with Crippen LogP contribution < -0.4 is 4.74 Å². The third kappa shape index (κ3) is 3.04. The minimum atomic E-state index is 0.0213. The molecular formula is C16H15BrO2. The molecule has 0 aliphatic carbocycles. The number of carbonyl (C=O) groups excluding carboxylic acids is 1. The SMILES string of the molecule is CCOc1ccc(C(=O)c2ccccc2C)c(Br)c1. The van der Waals surface area contributed by atoms with Crippen molar-refractivity contribution in [3.63, 3.8) is 0 Å². The Morgan fingerprint density at radius 3 is 2.53 bits per heavy atom. The van der Waals surface area contributed by atoms with E-state index in [4.69, 9.17) is 4.74 Å². The van der Waals surface area contributed by atoms with Crippen molar-refractivity contribution in [3.05, 3.63) is 63.6 Å². The van der Waals surface area contributed by atoms with Crippen molar-refractivity contribution >= 4 is 21.7 Å². The van der Waals surface area contributed by atoms with Crippen LogP contribution >= 0.6 is 15.9 Å². The summed E-state index contributed by atoms with van der Waals surface area (Å²) in [5, 5.41) is 0. The molecule has 3 heteroatoms. The summed E-state index contributed by atoms with van der Waals surface area (Å²) in [7, 11) is 0. The van der Waals surface area contributed by atoms with Gasteiger partial charge in [0.05, 0.1) is 6.61 Å². The topological polar surface area (TPSA) is 26.3 Å². The number of ketones is 1. The highest BCUT2D eigenvalue weighted by atomic mass is 79.9. The van der Waals surface area contributed by atoms with E-state index in [0.717, 1.165) is 21.3 Å². The zero-order valence-corrected chi connectivity index (χ0v) is 12.5. The number of carbonyl (C=O) groups is 1. The third-order valence-electron chi connectivity index (χ3n) is 2.89. The standard InChI is InChI=1S/C16H15BrO2/c1-3-19-12-8-9-14(15(17)10-12)16(18)13-7-5-4-6-11(13)2/h4-10H,3H2,1-2H3. The monoisotopic (exact) mass is 318 g/mol. The molecule has 0 radical (unpaired) electrons. The molecule has 0 aliphatic heterocycles. The first-order valence-corrected chi connectivity index (χ1v) is 6.95. The van der Waals surface area contributed by atoms with Crippen LogP contribution in [-0.4, -0.2) is 12.4 Å². The molecule has 0 atom stereocenters.